The SMILES string of the molecule is Oc1c(C(c2cccs2)N2CCOCC2)sc2nc(-c3ccco3)nn12. The summed E-state index contributed by atoms with van der Waals surface area (Å²) in [4.78, 5) is 9.56. The number of aromatic nitrogens is 3. The number of aromatic hydroxyl groups is 1. The summed E-state index contributed by atoms with van der Waals surface area (Å²) in [6, 6.07) is 7.73. The van der Waals surface area contributed by atoms with Crippen LogP contribution in [0.3, 0.4) is 0 Å². The Bertz CT molecular complexity index is 1000. The number of ether oxygens (including phenoxy) is 1. The zero-order valence-electron chi connectivity index (χ0n) is 13.7. The second kappa shape index (κ2) is 6.51. The Morgan fingerprint density at radius 1 is 1.19 bits per heavy atom. The number of furan rings is 1. The van der Waals surface area contributed by atoms with E-state index in [-0.39, 0.29) is 11.9 Å². The van der Waals surface area contributed by atoms with E-state index in [1.165, 1.54) is 20.7 Å². The second-order valence-corrected chi connectivity index (χ2v) is 7.95. The normalized spacial score (nSPS) is 17.1. The molecule has 0 spiro atoms. The highest BCUT2D eigenvalue weighted by Crippen LogP contribution is 2.41. The van der Waals surface area contributed by atoms with Crippen LogP contribution in [-0.2, 0) is 4.74 Å². The van der Waals surface area contributed by atoms with E-state index in [1.807, 2.05) is 6.07 Å². The van der Waals surface area contributed by atoms with Gasteiger partial charge in [0.2, 0.25) is 16.7 Å². The van der Waals surface area contributed by atoms with Crippen molar-refractivity contribution >= 4 is 27.6 Å². The Morgan fingerprint density at radius 2 is 2.08 bits per heavy atom. The monoisotopic (exact) mass is 388 g/mol. The first-order chi connectivity index (χ1) is 12.8. The molecule has 26 heavy (non-hydrogen) atoms. The lowest BCUT2D eigenvalue weighted by atomic mass is 10.1. The summed E-state index contributed by atoms with van der Waals surface area (Å²) in [5.74, 6) is 1.20. The smallest absolute Gasteiger partial charge is 0.230 e. The van der Waals surface area contributed by atoms with E-state index in [0.717, 1.165) is 18.0 Å². The van der Waals surface area contributed by atoms with Gasteiger partial charge in [0.25, 0.3) is 0 Å². The number of hydrogen-bond donors (Lipinski definition) is 1. The quantitative estimate of drug-likeness (QED) is 0.578. The summed E-state index contributed by atoms with van der Waals surface area (Å²) in [5.41, 5.74) is 0. The van der Waals surface area contributed by atoms with Gasteiger partial charge in [-0.2, -0.15) is 9.50 Å². The van der Waals surface area contributed by atoms with Crippen LogP contribution in [0.1, 0.15) is 15.8 Å². The number of nitrogens with zero attached hydrogens (tertiary/aromatic N) is 4. The minimum absolute atomic E-state index is 0.0144. The molecule has 9 heteroatoms. The summed E-state index contributed by atoms with van der Waals surface area (Å²) in [6.45, 7) is 3.05. The molecule has 0 aliphatic carbocycles. The van der Waals surface area contributed by atoms with Crippen molar-refractivity contribution in [2.24, 2.45) is 0 Å². The van der Waals surface area contributed by atoms with Gasteiger partial charge < -0.3 is 14.3 Å². The van der Waals surface area contributed by atoms with Crippen molar-refractivity contribution in [1.29, 1.82) is 0 Å². The molecule has 1 unspecified atom stereocenters. The predicted molar refractivity (Wildman–Crippen MR) is 98.8 cm³/mol. The van der Waals surface area contributed by atoms with Crippen LogP contribution in [0.4, 0.5) is 0 Å². The summed E-state index contributed by atoms with van der Waals surface area (Å²) in [6.07, 6.45) is 1.58. The van der Waals surface area contributed by atoms with Gasteiger partial charge in [0.1, 0.15) is 0 Å². The van der Waals surface area contributed by atoms with Gasteiger partial charge in [-0.25, -0.2) is 0 Å². The van der Waals surface area contributed by atoms with Gasteiger partial charge >= 0.3 is 0 Å². The highest BCUT2D eigenvalue weighted by molar-refractivity contribution is 7.17. The van der Waals surface area contributed by atoms with Gasteiger partial charge in [-0.1, -0.05) is 17.4 Å². The molecule has 7 nitrogen and oxygen atoms in total. The number of hydrogen-bond acceptors (Lipinski definition) is 8. The minimum atomic E-state index is -0.0144. The van der Waals surface area contributed by atoms with Gasteiger partial charge in [0.05, 0.1) is 30.4 Å². The molecule has 134 valence electrons. The van der Waals surface area contributed by atoms with Gasteiger partial charge in [0.15, 0.2) is 5.76 Å². The second-order valence-electron chi connectivity index (χ2n) is 5.96. The number of rotatable bonds is 4. The molecule has 1 N–H and O–H groups in total. The van der Waals surface area contributed by atoms with E-state index in [2.05, 4.69) is 26.4 Å². The lowest BCUT2D eigenvalue weighted by Gasteiger charge is -2.33. The van der Waals surface area contributed by atoms with Crippen LogP contribution in [0.15, 0.2) is 40.3 Å². The Kier molecular flexibility index (Phi) is 4.01. The van der Waals surface area contributed by atoms with Crippen LogP contribution >= 0.6 is 22.7 Å². The van der Waals surface area contributed by atoms with E-state index >= 15 is 0 Å². The van der Waals surface area contributed by atoms with Crippen molar-refractivity contribution in [2.45, 2.75) is 6.04 Å². The van der Waals surface area contributed by atoms with Crippen molar-refractivity contribution in [3.05, 3.63) is 45.7 Å². The van der Waals surface area contributed by atoms with E-state index < -0.39 is 0 Å². The van der Waals surface area contributed by atoms with Crippen molar-refractivity contribution in [3.8, 4) is 17.5 Å². The first-order valence-electron chi connectivity index (χ1n) is 8.29. The third kappa shape index (κ3) is 2.64. The van der Waals surface area contributed by atoms with Crippen molar-refractivity contribution in [3.63, 3.8) is 0 Å². The van der Waals surface area contributed by atoms with Crippen LogP contribution in [0.2, 0.25) is 0 Å². The molecule has 0 bridgehead atoms. The van der Waals surface area contributed by atoms with Gasteiger partial charge in [-0.3, -0.25) is 4.90 Å². The molecule has 0 aromatic carbocycles. The number of fused-ring (bicyclic) bond motifs is 1. The molecule has 5 rings (SSSR count). The van der Waals surface area contributed by atoms with Crippen LogP contribution in [0, 0.1) is 0 Å². The molecule has 1 aliphatic heterocycles. The molecule has 1 fully saturated rings. The van der Waals surface area contributed by atoms with Crippen LogP contribution in [0.25, 0.3) is 16.5 Å². The number of thiophene rings is 1. The summed E-state index contributed by atoms with van der Waals surface area (Å²) in [5, 5.41) is 17.4. The van der Waals surface area contributed by atoms with Crippen molar-refractivity contribution in [1.82, 2.24) is 19.5 Å². The van der Waals surface area contributed by atoms with Gasteiger partial charge in [-0.15, -0.1) is 16.4 Å². The topological polar surface area (TPSA) is 76.0 Å². The lowest BCUT2D eigenvalue weighted by molar-refractivity contribution is 0.0247. The zero-order valence-corrected chi connectivity index (χ0v) is 15.4. The molecule has 4 aromatic rings. The fourth-order valence-electron chi connectivity index (χ4n) is 3.20. The maximum absolute atomic E-state index is 10.9. The molecule has 4 aromatic heterocycles. The summed E-state index contributed by atoms with van der Waals surface area (Å²) in [7, 11) is 0. The zero-order chi connectivity index (χ0) is 17.5. The minimum Gasteiger partial charge on any atom is -0.492 e. The Balaban J connectivity index is 1.59. The third-order valence-electron chi connectivity index (χ3n) is 4.41. The average Bonchev–Trinajstić information content (AvgIpc) is 3.43. The number of thiazole rings is 1. The molecule has 0 amide bonds. The van der Waals surface area contributed by atoms with Crippen molar-refractivity contribution < 1.29 is 14.3 Å². The summed E-state index contributed by atoms with van der Waals surface area (Å²) < 4.78 is 12.3. The fourth-order valence-corrected chi connectivity index (χ4v) is 5.25. The van der Waals surface area contributed by atoms with Gasteiger partial charge in [-0.05, 0) is 23.6 Å². The Morgan fingerprint density at radius 3 is 2.77 bits per heavy atom. The Labute approximate surface area is 157 Å². The maximum atomic E-state index is 10.9. The number of morpholine rings is 1. The maximum Gasteiger partial charge on any atom is 0.230 e. The van der Waals surface area contributed by atoms with E-state index in [0.29, 0.717) is 29.8 Å². The van der Waals surface area contributed by atoms with Crippen LogP contribution in [-0.4, -0.2) is 50.9 Å². The summed E-state index contributed by atoms with van der Waals surface area (Å²) >= 11 is 3.15. The fraction of sp³-hybridized carbons (Fsp3) is 0.294. The molecule has 0 radical (unpaired) electrons. The van der Waals surface area contributed by atoms with E-state index in [1.54, 1.807) is 29.7 Å². The molecule has 0 saturated carbocycles. The highest BCUT2D eigenvalue weighted by atomic mass is 32.1. The third-order valence-corrected chi connectivity index (χ3v) is 6.41. The molecule has 5 heterocycles. The molecule has 1 atom stereocenters. The molecule has 1 saturated heterocycles. The highest BCUT2D eigenvalue weighted by Gasteiger charge is 2.31. The standard InChI is InChI=1S/C17H16N4O3S2/c22-16-14(13(12-4-2-10-25-12)20-5-8-23-9-6-20)26-17-18-15(19-21(16)17)11-3-1-7-24-11/h1-4,7,10,13,22H,5-6,8-9H2. The van der Waals surface area contributed by atoms with E-state index in [9.17, 15) is 5.11 Å². The van der Waals surface area contributed by atoms with Crippen LogP contribution < -0.4 is 0 Å². The lowest BCUT2D eigenvalue weighted by Crippen LogP contribution is -2.39. The molecular formula is C17H16N4O3S2. The van der Waals surface area contributed by atoms with Crippen molar-refractivity contribution in [2.75, 3.05) is 26.3 Å². The van der Waals surface area contributed by atoms with Gasteiger partial charge in [0, 0.05) is 18.0 Å². The van der Waals surface area contributed by atoms with Crippen LogP contribution in [0.5, 0.6) is 5.88 Å². The molecular weight excluding hydrogens is 372 g/mol. The average molecular weight is 388 g/mol. The van der Waals surface area contributed by atoms with E-state index in [4.69, 9.17) is 9.15 Å². The predicted octanol–water partition coefficient (Wildman–Crippen LogP) is 3.24. The first kappa shape index (κ1) is 16.0. The Hall–Kier alpha value is -2.20. The molecule has 1 aliphatic rings. The first-order valence-corrected chi connectivity index (χ1v) is 9.98. The largest absolute Gasteiger partial charge is 0.492 e.